The van der Waals surface area contributed by atoms with E-state index >= 15 is 0 Å². The Bertz CT molecular complexity index is 1320. The highest BCUT2D eigenvalue weighted by Gasteiger charge is 2.30. The summed E-state index contributed by atoms with van der Waals surface area (Å²) in [5.74, 6) is -0.966. The molecule has 0 unspecified atom stereocenters. The summed E-state index contributed by atoms with van der Waals surface area (Å²) in [6, 6.07) is 12.7. The van der Waals surface area contributed by atoms with Crippen molar-refractivity contribution in [2.45, 2.75) is 95.7 Å². The van der Waals surface area contributed by atoms with Crippen molar-refractivity contribution in [2.75, 3.05) is 24.6 Å². The maximum absolute atomic E-state index is 14.1. The van der Waals surface area contributed by atoms with Gasteiger partial charge in [0.2, 0.25) is 0 Å². The number of benzene rings is 2. The molecule has 1 heterocycles. The van der Waals surface area contributed by atoms with Gasteiger partial charge in [-0.25, -0.2) is 12.8 Å². The van der Waals surface area contributed by atoms with E-state index in [0.29, 0.717) is 18.9 Å². The Kier molecular flexibility index (Phi) is 11.5. The molecule has 1 saturated heterocycles. The summed E-state index contributed by atoms with van der Waals surface area (Å²) < 4.78 is 75.3. The van der Waals surface area contributed by atoms with Gasteiger partial charge in [0.25, 0.3) is 0 Å². The summed E-state index contributed by atoms with van der Waals surface area (Å²) in [4.78, 5) is 2.42. The van der Waals surface area contributed by atoms with Crippen LogP contribution in [0, 0.1) is 5.82 Å². The smallest absolute Gasteiger partial charge is 0.390 e. The molecule has 4 rings (SSSR count). The number of nitrogens with zero attached hydrogens (tertiary/aromatic N) is 1. The minimum absolute atomic E-state index is 0.177. The van der Waals surface area contributed by atoms with E-state index in [2.05, 4.69) is 4.90 Å². The van der Waals surface area contributed by atoms with Crippen LogP contribution in [-0.4, -0.2) is 55.2 Å². The van der Waals surface area contributed by atoms with Crippen LogP contribution in [0.3, 0.4) is 0 Å². The van der Waals surface area contributed by atoms with E-state index in [-0.39, 0.29) is 17.3 Å². The molecule has 0 saturated carbocycles. The summed E-state index contributed by atoms with van der Waals surface area (Å²) in [6.07, 6.45) is 5.23. The first-order valence-electron chi connectivity index (χ1n) is 15.3. The van der Waals surface area contributed by atoms with Gasteiger partial charge in [0.1, 0.15) is 11.6 Å². The number of alkyl halides is 3. The number of rotatable bonds is 14. The molecule has 1 fully saturated rings. The molecule has 0 aromatic heterocycles. The largest absolute Gasteiger partial charge is 0.508 e. The van der Waals surface area contributed by atoms with Gasteiger partial charge in [0.05, 0.1) is 17.9 Å². The average Bonchev–Trinajstić information content (AvgIpc) is 3.29. The number of hydrogen-bond donors (Lipinski definition) is 1. The van der Waals surface area contributed by atoms with Crippen LogP contribution in [0.2, 0.25) is 0 Å². The van der Waals surface area contributed by atoms with Crippen molar-refractivity contribution in [3.8, 4) is 5.75 Å². The predicted molar refractivity (Wildman–Crippen MR) is 160 cm³/mol. The molecule has 0 bridgehead atoms. The highest BCUT2D eigenvalue weighted by Crippen LogP contribution is 2.40. The highest BCUT2D eigenvalue weighted by molar-refractivity contribution is 7.91. The molecule has 4 nitrogen and oxygen atoms in total. The van der Waals surface area contributed by atoms with Crippen LogP contribution in [0.1, 0.15) is 93.7 Å². The quantitative estimate of drug-likeness (QED) is 0.173. The number of aryl methyl sites for hydroxylation is 1. The molecule has 2 aromatic carbocycles. The van der Waals surface area contributed by atoms with E-state index in [4.69, 9.17) is 0 Å². The lowest BCUT2D eigenvalue weighted by molar-refractivity contribution is -0.129. The van der Waals surface area contributed by atoms with Crippen molar-refractivity contribution >= 4 is 21.0 Å². The van der Waals surface area contributed by atoms with Gasteiger partial charge in [0, 0.05) is 6.04 Å². The van der Waals surface area contributed by atoms with Gasteiger partial charge in [-0.2, -0.15) is 13.2 Å². The van der Waals surface area contributed by atoms with Gasteiger partial charge >= 0.3 is 6.18 Å². The fourth-order valence-corrected chi connectivity index (χ4v) is 7.88. The average molecular weight is 610 g/mol. The minimum Gasteiger partial charge on any atom is -0.508 e. The number of halogens is 4. The Morgan fingerprint density at radius 3 is 2.52 bits per heavy atom. The Morgan fingerprint density at radius 2 is 1.74 bits per heavy atom. The molecule has 2 aliphatic rings. The van der Waals surface area contributed by atoms with E-state index in [9.17, 15) is 31.1 Å². The van der Waals surface area contributed by atoms with Crippen molar-refractivity contribution in [2.24, 2.45) is 0 Å². The maximum atomic E-state index is 14.1. The number of phenols is 1. The molecule has 0 amide bonds. The number of likely N-dealkylation sites (tertiary alicyclic amines) is 1. The monoisotopic (exact) mass is 609 g/mol. The normalized spacial score (nSPS) is 18.3. The third kappa shape index (κ3) is 9.83. The third-order valence-electron chi connectivity index (χ3n) is 8.63. The highest BCUT2D eigenvalue weighted by atomic mass is 32.2. The fourth-order valence-electron chi connectivity index (χ4n) is 6.53. The Hall–Kier alpha value is -2.39. The topological polar surface area (TPSA) is 57.6 Å². The molecule has 1 atom stereocenters. The van der Waals surface area contributed by atoms with Crippen LogP contribution in [0.25, 0.3) is 11.1 Å². The number of unbranched alkanes of at least 4 members (excludes halogenated alkanes) is 3. The number of hydrogen-bond acceptors (Lipinski definition) is 4. The van der Waals surface area contributed by atoms with E-state index in [1.54, 1.807) is 18.2 Å². The molecular formula is C33H43F4NO3S. The van der Waals surface area contributed by atoms with E-state index in [0.717, 1.165) is 94.0 Å². The fraction of sp³-hybridized carbons (Fsp3) is 0.576. The SMILES string of the molecule is O=S(=O)(CCC[C@@H]1CCCN1CCCCCCC1=C(c2cccc(F)c2)CCCc2cc(O)ccc21)CCC(F)(F)F. The summed E-state index contributed by atoms with van der Waals surface area (Å²) in [5.41, 5.74) is 5.67. The molecule has 1 aliphatic heterocycles. The zero-order valence-corrected chi connectivity index (χ0v) is 25.1. The summed E-state index contributed by atoms with van der Waals surface area (Å²) in [5, 5.41) is 10.1. The molecule has 232 valence electrons. The Morgan fingerprint density at radius 1 is 0.929 bits per heavy atom. The second kappa shape index (κ2) is 14.9. The standard InChI is InChI=1S/C33H43F4NO3S/c34-27-11-5-9-25(23-27)30-15-6-10-26-24-29(39)16-17-31(26)32(30)14-3-1-2-4-19-38-20-7-12-28(38)13-8-21-42(40,41)22-18-33(35,36)37/h5,9,11,16-17,23-24,28,39H,1-4,6-8,10,12-15,18-22H2/t28-/m0/s1. The second-order valence-corrected chi connectivity index (χ2v) is 14.1. The van der Waals surface area contributed by atoms with E-state index in [1.807, 2.05) is 18.2 Å². The number of sulfone groups is 1. The first-order valence-corrected chi connectivity index (χ1v) is 17.1. The van der Waals surface area contributed by atoms with Crippen LogP contribution in [0.4, 0.5) is 17.6 Å². The summed E-state index contributed by atoms with van der Waals surface area (Å²) in [6.45, 7) is 1.93. The predicted octanol–water partition coefficient (Wildman–Crippen LogP) is 8.34. The Balaban J connectivity index is 1.26. The lowest BCUT2D eigenvalue weighted by atomic mass is 9.89. The van der Waals surface area contributed by atoms with Crippen molar-refractivity contribution in [1.29, 1.82) is 0 Å². The minimum atomic E-state index is -4.44. The molecule has 1 aliphatic carbocycles. The van der Waals surface area contributed by atoms with Gasteiger partial charge in [-0.15, -0.1) is 0 Å². The molecule has 2 aromatic rings. The molecule has 0 spiro atoms. The summed E-state index contributed by atoms with van der Waals surface area (Å²) >= 11 is 0. The summed E-state index contributed by atoms with van der Waals surface area (Å²) in [7, 11) is -3.68. The molecule has 0 radical (unpaired) electrons. The number of aromatic hydroxyl groups is 1. The number of phenolic OH excluding ortho intramolecular Hbond substituents is 1. The maximum Gasteiger partial charge on any atom is 0.390 e. The zero-order valence-electron chi connectivity index (χ0n) is 24.3. The van der Waals surface area contributed by atoms with E-state index < -0.39 is 28.2 Å². The van der Waals surface area contributed by atoms with Gasteiger partial charge in [0.15, 0.2) is 9.84 Å². The number of allylic oxidation sites excluding steroid dienone is 2. The molecule has 9 heteroatoms. The van der Waals surface area contributed by atoms with Gasteiger partial charge in [-0.3, -0.25) is 0 Å². The first kappa shape index (κ1) is 32.5. The van der Waals surface area contributed by atoms with Crippen molar-refractivity contribution in [1.82, 2.24) is 4.90 Å². The molecule has 42 heavy (non-hydrogen) atoms. The van der Waals surface area contributed by atoms with Crippen LogP contribution < -0.4 is 0 Å². The van der Waals surface area contributed by atoms with Crippen molar-refractivity contribution in [3.05, 3.63) is 65.0 Å². The van der Waals surface area contributed by atoms with Gasteiger partial charge < -0.3 is 10.0 Å². The number of fused-ring (bicyclic) bond motifs is 1. The lowest BCUT2D eigenvalue weighted by Gasteiger charge is -2.24. The van der Waals surface area contributed by atoms with Gasteiger partial charge in [-0.05, 0) is 129 Å². The van der Waals surface area contributed by atoms with Gasteiger partial charge in [-0.1, -0.05) is 31.0 Å². The van der Waals surface area contributed by atoms with Crippen LogP contribution in [0.15, 0.2) is 42.5 Å². The first-order chi connectivity index (χ1) is 20.0. The zero-order chi connectivity index (χ0) is 30.2. The van der Waals surface area contributed by atoms with Crippen molar-refractivity contribution in [3.63, 3.8) is 0 Å². The lowest BCUT2D eigenvalue weighted by Crippen LogP contribution is -2.31. The van der Waals surface area contributed by atoms with Crippen LogP contribution in [-0.2, 0) is 16.3 Å². The second-order valence-electron chi connectivity index (χ2n) is 11.8. The Labute approximate surface area is 247 Å². The molecule has 1 N–H and O–H groups in total. The van der Waals surface area contributed by atoms with E-state index in [1.165, 1.54) is 17.2 Å². The van der Waals surface area contributed by atoms with Crippen LogP contribution >= 0.6 is 0 Å². The third-order valence-corrected chi connectivity index (χ3v) is 10.4. The van der Waals surface area contributed by atoms with Crippen molar-refractivity contribution < 1.29 is 31.1 Å². The molecular weight excluding hydrogens is 566 g/mol. The van der Waals surface area contributed by atoms with Crippen LogP contribution in [0.5, 0.6) is 5.75 Å².